The fraction of sp³-hybridized carbons (Fsp3) is 0.333. The van der Waals surface area contributed by atoms with Crippen molar-refractivity contribution in [2.75, 3.05) is 6.54 Å². The van der Waals surface area contributed by atoms with Crippen molar-refractivity contribution in [3.8, 4) is 0 Å². The first-order valence-electron chi connectivity index (χ1n) is 6.17. The van der Waals surface area contributed by atoms with E-state index < -0.39 is 0 Å². The quantitative estimate of drug-likeness (QED) is 0.908. The Labute approximate surface area is 117 Å². The molecule has 0 aliphatic carbocycles. The molecule has 1 aromatic heterocycles. The summed E-state index contributed by atoms with van der Waals surface area (Å²) < 4.78 is 6.88. The van der Waals surface area contributed by atoms with E-state index in [1.54, 1.807) is 0 Å². The number of hydrogen-bond donors (Lipinski definition) is 1. The Kier molecular flexibility index (Phi) is 4.25. The summed E-state index contributed by atoms with van der Waals surface area (Å²) in [6, 6.07) is 10.6. The van der Waals surface area contributed by atoms with E-state index in [2.05, 4.69) is 53.3 Å². The van der Waals surface area contributed by atoms with Gasteiger partial charge in [-0.05, 0) is 49.7 Å². The molecule has 0 bridgehead atoms. The summed E-state index contributed by atoms with van der Waals surface area (Å²) in [6.45, 7) is 7.08. The van der Waals surface area contributed by atoms with E-state index in [0.717, 1.165) is 22.5 Å². The molecule has 0 aliphatic rings. The number of halogens is 1. The summed E-state index contributed by atoms with van der Waals surface area (Å²) in [5, 5.41) is 3.47. The molecule has 2 aromatic rings. The molecule has 2 rings (SSSR count). The molecule has 3 heteroatoms. The maximum absolute atomic E-state index is 5.75. The van der Waals surface area contributed by atoms with Gasteiger partial charge < -0.3 is 9.73 Å². The highest BCUT2D eigenvalue weighted by molar-refractivity contribution is 9.10. The van der Waals surface area contributed by atoms with Crippen LogP contribution in [0.25, 0.3) is 0 Å². The van der Waals surface area contributed by atoms with E-state index in [0.29, 0.717) is 0 Å². The zero-order chi connectivity index (χ0) is 13.1. The molecule has 1 unspecified atom stereocenters. The largest absolute Gasteiger partial charge is 0.464 e. The SMILES string of the molecule is CCNC(c1ccc(Br)c(C)c1)c1ccc(C)o1. The number of rotatable bonds is 4. The van der Waals surface area contributed by atoms with Crippen molar-refractivity contribution in [2.24, 2.45) is 0 Å². The normalized spacial score (nSPS) is 12.7. The molecule has 2 nitrogen and oxygen atoms in total. The van der Waals surface area contributed by atoms with Crippen molar-refractivity contribution < 1.29 is 4.42 Å². The van der Waals surface area contributed by atoms with Gasteiger partial charge in [-0.2, -0.15) is 0 Å². The van der Waals surface area contributed by atoms with Gasteiger partial charge >= 0.3 is 0 Å². The second kappa shape index (κ2) is 5.72. The molecule has 0 saturated carbocycles. The second-order valence-corrected chi connectivity index (χ2v) is 5.30. The maximum atomic E-state index is 5.75. The molecule has 0 spiro atoms. The maximum Gasteiger partial charge on any atom is 0.125 e. The number of hydrogen-bond acceptors (Lipinski definition) is 2. The summed E-state index contributed by atoms with van der Waals surface area (Å²) >= 11 is 3.53. The van der Waals surface area contributed by atoms with E-state index in [4.69, 9.17) is 4.42 Å². The zero-order valence-electron chi connectivity index (χ0n) is 11.0. The van der Waals surface area contributed by atoms with Crippen molar-refractivity contribution in [1.82, 2.24) is 5.32 Å². The van der Waals surface area contributed by atoms with Gasteiger partial charge in [0, 0.05) is 4.47 Å². The van der Waals surface area contributed by atoms with Gasteiger partial charge in [0.25, 0.3) is 0 Å². The third-order valence-corrected chi connectivity index (χ3v) is 3.86. The minimum absolute atomic E-state index is 0.121. The van der Waals surface area contributed by atoms with Crippen LogP contribution in [0.1, 0.15) is 35.6 Å². The molecule has 1 atom stereocenters. The van der Waals surface area contributed by atoms with Gasteiger partial charge in [0.2, 0.25) is 0 Å². The average molecular weight is 308 g/mol. The highest BCUT2D eigenvalue weighted by atomic mass is 79.9. The van der Waals surface area contributed by atoms with Crippen LogP contribution in [0.3, 0.4) is 0 Å². The molecule has 1 N–H and O–H groups in total. The van der Waals surface area contributed by atoms with Crippen LogP contribution in [-0.2, 0) is 0 Å². The Morgan fingerprint density at radius 1 is 1.22 bits per heavy atom. The van der Waals surface area contributed by atoms with Gasteiger partial charge in [-0.1, -0.05) is 35.0 Å². The highest BCUT2D eigenvalue weighted by Gasteiger charge is 2.16. The van der Waals surface area contributed by atoms with Gasteiger partial charge in [0.15, 0.2) is 0 Å². The lowest BCUT2D eigenvalue weighted by Gasteiger charge is -2.17. The predicted molar refractivity (Wildman–Crippen MR) is 77.8 cm³/mol. The summed E-state index contributed by atoms with van der Waals surface area (Å²) in [6.07, 6.45) is 0. The molecular weight excluding hydrogens is 290 g/mol. The Balaban J connectivity index is 2.37. The van der Waals surface area contributed by atoms with E-state index >= 15 is 0 Å². The van der Waals surface area contributed by atoms with Crippen LogP contribution < -0.4 is 5.32 Å². The van der Waals surface area contributed by atoms with Crippen LogP contribution in [0.5, 0.6) is 0 Å². The lowest BCUT2D eigenvalue weighted by Crippen LogP contribution is -2.21. The molecule has 0 radical (unpaired) electrons. The molecule has 0 aliphatic heterocycles. The van der Waals surface area contributed by atoms with Crippen LogP contribution >= 0.6 is 15.9 Å². The molecule has 0 saturated heterocycles. The number of benzene rings is 1. The highest BCUT2D eigenvalue weighted by Crippen LogP contribution is 2.27. The van der Waals surface area contributed by atoms with Gasteiger partial charge in [-0.25, -0.2) is 0 Å². The first kappa shape index (κ1) is 13.4. The van der Waals surface area contributed by atoms with Gasteiger partial charge in [-0.3, -0.25) is 0 Å². The summed E-state index contributed by atoms with van der Waals surface area (Å²) in [5.74, 6) is 1.91. The van der Waals surface area contributed by atoms with Gasteiger partial charge in [0.05, 0.1) is 6.04 Å². The first-order valence-corrected chi connectivity index (χ1v) is 6.97. The van der Waals surface area contributed by atoms with Crippen LogP contribution in [0.2, 0.25) is 0 Å². The van der Waals surface area contributed by atoms with E-state index in [-0.39, 0.29) is 6.04 Å². The Morgan fingerprint density at radius 3 is 2.56 bits per heavy atom. The zero-order valence-corrected chi connectivity index (χ0v) is 12.5. The van der Waals surface area contributed by atoms with Crippen molar-refractivity contribution in [3.05, 3.63) is 57.5 Å². The minimum atomic E-state index is 0.121. The van der Waals surface area contributed by atoms with Gasteiger partial charge in [0.1, 0.15) is 11.5 Å². The fourth-order valence-electron chi connectivity index (χ4n) is 2.04. The van der Waals surface area contributed by atoms with Crippen molar-refractivity contribution >= 4 is 15.9 Å². The van der Waals surface area contributed by atoms with Crippen LogP contribution in [-0.4, -0.2) is 6.54 Å². The summed E-state index contributed by atoms with van der Waals surface area (Å²) in [4.78, 5) is 0. The van der Waals surface area contributed by atoms with Crippen molar-refractivity contribution in [1.29, 1.82) is 0 Å². The van der Waals surface area contributed by atoms with Crippen molar-refractivity contribution in [3.63, 3.8) is 0 Å². The second-order valence-electron chi connectivity index (χ2n) is 4.45. The number of furan rings is 1. The monoisotopic (exact) mass is 307 g/mol. The molecule has 18 heavy (non-hydrogen) atoms. The molecule has 1 heterocycles. The summed E-state index contributed by atoms with van der Waals surface area (Å²) in [5.41, 5.74) is 2.46. The Hall–Kier alpha value is -1.06. The van der Waals surface area contributed by atoms with Crippen LogP contribution in [0, 0.1) is 13.8 Å². The standard InChI is InChI=1S/C15H18BrNO/c1-4-17-15(14-8-5-11(3)18-14)12-6-7-13(16)10(2)9-12/h5-9,15,17H,4H2,1-3H3. The first-order chi connectivity index (χ1) is 8.61. The Morgan fingerprint density at radius 2 is 2.00 bits per heavy atom. The number of aryl methyl sites for hydroxylation is 2. The molecule has 1 aromatic carbocycles. The number of nitrogens with one attached hydrogen (secondary N) is 1. The minimum Gasteiger partial charge on any atom is -0.464 e. The fourth-order valence-corrected chi connectivity index (χ4v) is 2.29. The predicted octanol–water partition coefficient (Wildman–Crippen LogP) is 4.36. The molecule has 96 valence electrons. The third-order valence-electron chi connectivity index (χ3n) is 2.97. The van der Waals surface area contributed by atoms with E-state index in [9.17, 15) is 0 Å². The Bertz CT molecular complexity index is 533. The smallest absolute Gasteiger partial charge is 0.125 e. The van der Waals surface area contributed by atoms with Crippen LogP contribution in [0.15, 0.2) is 39.2 Å². The van der Waals surface area contributed by atoms with Crippen LogP contribution in [0.4, 0.5) is 0 Å². The van der Waals surface area contributed by atoms with E-state index in [1.165, 1.54) is 11.1 Å². The molecule has 0 amide bonds. The van der Waals surface area contributed by atoms with Gasteiger partial charge in [-0.15, -0.1) is 0 Å². The lowest BCUT2D eigenvalue weighted by atomic mass is 10.0. The summed E-state index contributed by atoms with van der Waals surface area (Å²) in [7, 11) is 0. The van der Waals surface area contributed by atoms with E-state index in [1.807, 2.05) is 19.1 Å². The topological polar surface area (TPSA) is 25.2 Å². The third kappa shape index (κ3) is 2.85. The van der Waals surface area contributed by atoms with Crippen molar-refractivity contribution in [2.45, 2.75) is 26.8 Å². The molecule has 0 fully saturated rings. The lowest BCUT2D eigenvalue weighted by molar-refractivity contribution is 0.435. The average Bonchev–Trinajstić information content (AvgIpc) is 2.76. The molecular formula is C15H18BrNO.